The van der Waals surface area contributed by atoms with Crippen LogP contribution in [0.1, 0.15) is 85.6 Å². The van der Waals surface area contributed by atoms with E-state index in [1.54, 1.807) is 74.7 Å². The maximum Gasteiger partial charge on any atom is 0.309 e. The number of hydrogen-bond donors (Lipinski definition) is 2. The van der Waals surface area contributed by atoms with Crippen molar-refractivity contribution in [3.8, 4) is 5.75 Å². The number of fused-ring (bicyclic) bond motifs is 5. The number of esters is 2. The standard InChI is InChI=1S/C43H61ClN2O11S2/c1-24-12-11-13-34(54-10)43(52)22-33(55-38(50)23-43)28(5)40-42(6,57-40)35(21-37(49)46(8)30-19-29(18-24)20-32(53-9)39(30)44)56-41(51)27(4)26(3)31(47)16-17-58-59-25(2)14-15-36(48)45-7/h11-13,19-20,25-28,33-35,40,52H,14-18,21-23H2,1-10H3,(H,45,48)/b13-11+,24-12+/t25-,26?,27+,28+,33-,34?,35-,40-,42-,43+/m1/s1. The predicted molar refractivity (Wildman–Crippen MR) is 231 cm³/mol. The second-order valence-electron chi connectivity index (χ2n) is 16.3. The van der Waals surface area contributed by atoms with Gasteiger partial charge in [-0.3, -0.25) is 24.0 Å². The number of ketones is 1. The number of epoxide rings is 1. The number of methoxy groups -OCH3 is 2. The average Bonchev–Trinajstić information content (AvgIpc) is 3.90. The van der Waals surface area contributed by atoms with Crippen LogP contribution in [-0.4, -0.2) is 110 Å². The van der Waals surface area contributed by atoms with Gasteiger partial charge in [0, 0.05) is 63.3 Å². The van der Waals surface area contributed by atoms with E-state index >= 15 is 0 Å². The van der Waals surface area contributed by atoms with Gasteiger partial charge in [-0.2, -0.15) is 0 Å². The second-order valence-corrected chi connectivity index (χ2v) is 19.6. The third kappa shape index (κ3) is 12.3. The summed E-state index contributed by atoms with van der Waals surface area (Å²) in [5.41, 5.74) is -0.623. The fourth-order valence-corrected chi connectivity index (χ4v) is 10.3. The number of aliphatic hydroxyl groups is 1. The molecule has 0 saturated carbocycles. The highest BCUT2D eigenvalue weighted by Crippen LogP contribution is 2.50. The molecule has 2 amide bonds. The molecule has 1 aromatic rings. The topological polar surface area (TPSA) is 170 Å². The van der Waals surface area contributed by atoms with Crippen molar-refractivity contribution < 1.29 is 52.8 Å². The first-order valence-corrected chi connectivity index (χ1v) is 22.9. The number of carbonyl (C=O) groups excluding carboxylic acids is 5. The zero-order valence-corrected chi connectivity index (χ0v) is 38.2. The number of halogens is 1. The molecule has 2 N–H and O–H groups in total. The van der Waals surface area contributed by atoms with Gasteiger partial charge in [0.1, 0.15) is 46.1 Å². The smallest absolute Gasteiger partial charge is 0.309 e. The monoisotopic (exact) mass is 880 g/mol. The predicted octanol–water partition coefficient (Wildman–Crippen LogP) is 6.44. The molecule has 3 heterocycles. The molecule has 0 aliphatic carbocycles. The van der Waals surface area contributed by atoms with Crippen LogP contribution in [0.2, 0.25) is 5.02 Å². The van der Waals surface area contributed by atoms with Crippen molar-refractivity contribution in [1.29, 1.82) is 0 Å². The molecule has 59 heavy (non-hydrogen) atoms. The Morgan fingerprint density at radius 1 is 1.14 bits per heavy atom. The average molecular weight is 882 g/mol. The number of allylic oxidation sites excluding steroid dienone is 3. The number of nitrogens with zero attached hydrogens (tertiary/aromatic N) is 1. The Morgan fingerprint density at radius 2 is 1.85 bits per heavy atom. The number of hydrogen-bond acceptors (Lipinski definition) is 13. The van der Waals surface area contributed by atoms with Crippen LogP contribution in [-0.2, 0) is 49.3 Å². The van der Waals surface area contributed by atoms with Gasteiger partial charge in [0.2, 0.25) is 11.8 Å². The lowest BCUT2D eigenvalue weighted by atomic mass is 9.78. The Bertz CT molecular complexity index is 1780. The third-order valence-electron chi connectivity index (χ3n) is 11.8. The Labute approximate surface area is 361 Å². The Balaban J connectivity index is 1.61. The van der Waals surface area contributed by atoms with E-state index in [4.69, 9.17) is 35.3 Å². The van der Waals surface area contributed by atoms with Gasteiger partial charge >= 0.3 is 11.9 Å². The van der Waals surface area contributed by atoms with Gasteiger partial charge in [-0.05, 0) is 44.4 Å². The van der Waals surface area contributed by atoms with E-state index in [1.165, 1.54) is 19.1 Å². The highest BCUT2D eigenvalue weighted by atomic mass is 35.5. The number of ether oxygens (including phenoxy) is 5. The number of rotatable bonds is 14. The zero-order valence-electron chi connectivity index (χ0n) is 35.8. The van der Waals surface area contributed by atoms with Gasteiger partial charge in [0.15, 0.2) is 0 Å². The molecule has 1 aromatic carbocycles. The molecule has 2 saturated heterocycles. The first-order valence-electron chi connectivity index (χ1n) is 20.1. The minimum absolute atomic E-state index is 0.0103. The van der Waals surface area contributed by atoms with Crippen LogP contribution in [0.5, 0.6) is 5.75 Å². The first kappa shape index (κ1) is 48.6. The van der Waals surface area contributed by atoms with Crippen LogP contribution >= 0.6 is 33.2 Å². The molecule has 0 spiro atoms. The lowest BCUT2D eigenvalue weighted by molar-refractivity contribution is -0.187. The van der Waals surface area contributed by atoms with Crippen LogP contribution in [0, 0.1) is 17.8 Å². The lowest BCUT2D eigenvalue weighted by Crippen LogP contribution is -2.53. The van der Waals surface area contributed by atoms with E-state index in [-0.39, 0.29) is 47.6 Å². The maximum absolute atomic E-state index is 14.2. The van der Waals surface area contributed by atoms with E-state index in [0.29, 0.717) is 30.0 Å². The summed E-state index contributed by atoms with van der Waals surface area (Å²) in [5.74, 6) is -2.85. The lowest BCUT2D eigenvalue weighted by Gasteiger charge is -2.41. The van der Waals surface area contributed by atoms with Crippen LogP contribution < -0.4 is 15.0 Å². The number of amides is 2. The molecular weight excluding hydrogens is 820 g/mol. The van der Waals surface area contributed by atoms with Crippen LogP contribution in [0.25, 0.3) is 0 Å². The molecule has 4 bridgehead atoms. The summed E-state index contributed by atoms with van der Waals surface area (Å²) in [6.07, 6.45) is 3.36. The summed E-state index contributed by atoms with van der Waals surface area (Å²) < 4.78 is 29.6. The van der Waals surface area contributed by atoms with E-state index in [9.17, 15) is 29.1 Å². The van der Waals surface area contributed by atoms with Gasteiger partial charge < -0.3 is 39.0 Å². The molecule has 0 radical (unpaired) electrons. The Hall–Kier alpha value is -3.08. The quantitative estimate of drug-likeness (QED) is 0.0907. The van der Waals surface area contributed by atoms with Crippen LogP contribution in [0.3, 0.4) is 0 Å². The van der Waals surface area contributed by atoms with E-state index < -0.39 is 71.2 Å². The van der Waals surface area contributed by atoms with Crippen molar-refractivity contribution in [2.45, 2.75) is 127 Å². The summed E-state index contributed by atoms with van der Waals surface area (Å²) in [7, 11) is 9.34. The Kier molecular flexibility index (Phi) is 17.4. The molecule has 10 atom stereocenters. The molecule has 16 heteroatoms. The van der Waals surface area contributed by atoms with Crippen molar-refractivity contribution in [2.75, 3.05) is 39.0 Å². The molecule has 2 unspecified atom stereocenters. The van der Waals surface area contributed by atoms with E-state index in [0.717, 1.165) is 17.6 Å². The number of benzene rings is 1. The third-order valence-corrected chi connectivity index (χ3v) is 15.2. The summed E-state index contributed by atoms with van der Waals surface area (Å²) >= 11 is 6.80. The summed E-state index contributed by atoms with van der Waals surface area (Å²) in [6, 6.07) is 3.61. The summed E-state index contributed by atoms with van der Waals surface area (Å²) in [5, 5.41) is 15.0. The van der Waals surface area contributed by atoms with E-state index in [2.05, 4.69) is 5.32 Å². The van der Waals surface area contributed by atoms with Crippen molar-refractivity contribution in [3.63, 3.8) is 0 Å². The van der Waals surface area contributed by atoms with Gasteiger partial charge in [0.05, 0.1) is 37.7 Å². The van der Waals surface area contributed by atoms with Crippen molar-refractivity contribution in [3.05, 3.63) is 46.5 Å². The molecular formula is C43H61ClN2O11S2. The normalized spacial score (nSPS) is 30.4. The van der Waals surface area contributed by atoms with Crippen molar-refractivity contribution in [2.24, 2.45) is 17.8 Å². The second kappa shape index (κ2) is 21.1. The summed E-state index contributed by atoms with van der Waals surface area (Å²) in [4.78, 5) is 67.5. The zero-order chi connectivity index (χ0) is 43.8. The van der Waals surface area contributed by atoms with Crippen molar-refractivity contribution >= 4 is 68.4 Å². The summed E-state index contributed by atoms with van der Waals surface area (Å²) in [6.45, 7) is 10.9. The van der Waals surface area contributed by atoms with Gasteiger partial charge in [-0.25, -0.2) is 0 Å². The minimum atomic E-state index is -1.58. The first-order chi connectivity index (χ1) is 27.8. The molecule has 3 aliphatic rings. The number of anilines is 1. The molecule has 2 fully saturated rings. The molecule has 13 nitrogen and oxygen atoms in total. The van der Waals surface area contributed by atoms with Gasteiger partial charge in [-0.1, -0.05) is 84.7 Å². The molecule has 0 aromatic heterocycles. The van der Waals surface area contributed by atoms with Crippen LogP contribution in [0.4, 0.5) is 5.69 Å². The van der Waals surface area contributed by atoms with Gasteiger partial charge in [-0.15, -0.1) is 0 Å². The number of nitrogens with one attached hydrogen (secondary N) is 1. The number of carbonyl (C=O) groups is 5. The highest BCUT2D eigenvalue weighted by Gasteiger charge is 2.64. The Morgan fingerprint density at radius 3 is 2.51 bits per heavy atom. The fourth-order valence-electron chi connectivity index (χ4n) is 7.63. The minimum Gasteiger partial charge on any atom is -0.495 e. The maximum atomic E-state index is 14.2. The molecule has 328 valence electrons. The van der Waals surface area contributed by atoms with E-state index in [1.807, 2.05) is 32.9 Å². The molecule has 4 rings (SSSR count). The SMILES string of the molecule is CNC(=O)CC[C@@H](C)SSCCC(=O)C(C)[C@H](C)C(=O)O[C@@H]1CC(=O)N(C)c2cc(cc(OC)c2Cl)C/C(C)=C/C=C/C(OC)[C@@]2(O)CC(=O)O[C@H](C2)[C@H](C)[C@H]2O[C@@]21C. The fraction of sp³-hybridized carbons (Fsp3) is 0.651. The molecule has 3 aliphatic heterocycles. The van der Waals surface area contributed by atoms with Crippen molar-refractivity contribution in [1.82, 2.24) is 5.32 Å². The highest BCUT2D eigenvalue weighted by molar-refractivity contribution is 8.76. The van der Waals surface area contributed by atoms with Gasteiger partial charge in [0.25, 0.3) is 0 Å². The largest absolute Gasteiger partial charge is 0.495 e. The number of Topliss-reactive ketones (excluding diaryl/α,β-unsaturated/α-hetero) is 1. The van der Waals surface area contributed by atoms with Crippen LogP contribution in [0.15, 0.2) is 35.9 Å².